The van der Waals surface area contributed by atoms with Crippen LogP contribution in [0.15, 0.2) is 0 Å². The van der Waals surface area contributed by atoms with Gasteiger partial charge in [-0.3, -0.25) is 4.90 Å². The molecule has 2 rings (SSSR count). The van der Waals surface area contributed by atoms with Crippen LogP contribution in [0.25, 0.3) is 0 Å². The van der Waals surface area contributed by atoms with E-state index in [1.165, 1.54) is 51.7 Å². The summed E-state index contributed by atoms with van der Waals surface area (Å²) in [5.74, 6) is 0. The molecule has 0 spiro atoms. The lowest BCUT2D eigenvalue weighted by Gasteiger charge is -2.40. The highest BCUT2D eigenvalue weighted by Gasteiger charge is 2.37. The van der Waals surface area contributed by atoms with Gasteiger partial charge in [0.05, 0.1) is 0 Å². The van der Waals surface area contributed by atoms with Crippen molar-refractivity contribution in [1.29, 1.82) is 0 Å². The van der Waals surface area contributed by atoms with Gasteiger partial charge >= 0.3 is 0 Å². The number of likely N-dealkylation sites (tertiary alicyclic amines) is 1. The van der Waals surface area contributed by atoms with Gasteiger partial charge in [0.25, 0.3) is 0 Å². The van der Waals surface area contributed by atoms with E-state index in [9.17, 15) is 0 Å². The summed E-state index contributed by atoms with van der Waals surface area (Å²) in [6.45, 7) is 13.4. The predicted molar refractivity (Wildman–Crippen MR) is 74.3 cm³/mol. The first-order chi connectivity index (χ1) is 7.95. The largest absolute Gasteiger partial charge is 0.313 e. The third-order valence-electron chi connectivity index (χ3n) is 4.89. The van der Waals surface area contributed by atoms with Crippen molar-refractivity contribution in [3.8, 4) is 0 Å². The second kappa shape index (κ2) is 4.89. The molecule has 100 valence electrons. The topological polar surface area (TPSA) is 15.3 Å². The van der Waals surface area contributed by atoms with E-state index in [2.05, 4.69) is 37.9 Å². The van der Waals surface area contributed by atoms with E-state index in [1.54, 1.807) is 0 Å². The van der Waals surface area contributed by atoms with Crippen molar-refractivity contribution in [3.05, 3.63) is 0 Å². The molecule has 0 bridgehead atoms. The summed E-state index contributed by atoms with van der Waals surface area (Å²) < 4.78 is 0. The molecule has 1 heterocycles. The molecule has 0 aromatic carbocycles. The molecule has 1 aliphatic heterocycles. The molecule has 2 fully saturated rings. The van der Waals surface area contributed by atoms with Crippen LogP contribution in [0.3, 0.4) is 0 Å². The molecule has 1 saturated carbocycles. The molecule has 0 aromatic heterocycles. The lowest BCUT2D eigenvalue weighted by atomic mass is 9.85. The molecule has 1 atom stereocenters. The van der Waals surface area contributed by atoms with Gasteiger partial charge in [0.2, 0.25) is 0 Å². The Kier molecular flexibility index (Phi) is 3.84. The van der Waals surface area contributed by atoms with Crippen LogP contribution in [0.1, 0.15) is 59.8 Å². The number of hydrogen-bond donors (Lipinski definition) is 1. The summed E-state index contributed by atoms with van der Waals surface area (Å²) >= 11 is 0. The number of nitrogens with one attached hydrogen (secondary N) is 1. The van der Waals surface area contributed by atoms with Gasteiger partial charge in [0.1, 0.15) is 0 Å². The molecule has 2 heteroatoms. The SMILES string of the molecule is CCC(C)(CNC1CC1)CN1CCCC1(C)C. The highest BCUT2D eigenvalue weighted by Crippen LogP contribution is 2.33. The predicted octanol–water partition coefficient (Wildman–Crippen LogP) is 3.03. The van der Waals surface area contributed by atoms with Gasteiger partial charge in [-0.2, -0.15) is 0 Å². The van der Waals surface area contributed by atoms with E-state index < -0.39 is 0 Å². The van der Waals surface area contributed by atoms with Crippen LogP contribution >= 0.6 is 0 Å². The summed E-state index contributed by atoms with van der Waals surface area (Å²) in [5.41, 5.74) is 0.875. The van der Waals surface area contributed by atoms with E-state index in [0.717, 1.165) is 6.04 Å². The number of rotatable bonds is 6. The average Bonchev–Trinajstić information content (AvgIpc) is 3.04. The van der Waals surface area contributed by atoms with Crippen molar-refractivity contribution in [2.75, 3.05) is 19.6 Å². The Morgan fingerprint density at radius 3 is 2.53 bits per heavy atom. The lowest BCUT2D eigenvalue weighted by Crippen LogP contribution is -2.47. The van der Waals surface area contributed by atoms with Crippen LogP contribution < -0.4 is 5.32 Å². The lowest BCUT2D eigenvalue weighted by molar-refractivity contribution is 0.1000. The van der Waals surface area contributed by atoms with E-state index in [0.29, 0.717) is 11.0 Å². The Hall–Kier alpha value is -0.0800. The molecule has 1 saturated heterocycles. The fraction of sp³-hybridized carbons (Fsp3) is 1.00. The molecular weight excluding hydrogens is 208 g/mol. The quantitative estimate of drug-likeness (QED) is 0.765. The molecular formula is C15H30N2. The van der Waals surface area contributed by atoms with Crippen LogP contribution in [0, 0.1) is 5.41 Å². The van der Waals surface area contributed by atoms with Gasteiger partial charge in [-0.15, -0.1) is 0 Å². The Morgan fingerprint density at radius 2 is 2.06 bits per heavy atom. The second-order valence-electron chi connectivity index (χ2n) is 7.16. The molecule has 1 aliphatic carbocycles. The Morgan fingerprint density at radius 1 is 1.35 bits per heavy atom. The van der Waals surface area contributed by atoms with Gasteiger partial charge in [-0.25, -0.2) is 0 Å². The van der Waals surface area contributed by atoms with E-state index in [-0.39, 0.29) is 0 Å². The molecule has 0 radical (unpaired) electrons. The maximum atomic E-state index is 3.72. The van der Waals surface area contributed by atoms with Gasteiger partial charge in [-0.1, -0.05) is 13.8 Å². The minimum atomic E-state index is 0.427. The Labute approximate surface area is 107 Å². The zero-order valence-corrected chi connectivity index (χ0v) is 12.2. The first kappa shape index (κ1) is 13.4. The summed E-state index contributed by atoms with van der Waals surface area (Å²) in [7, 11) is 0. The van der Waals surface area contributed by atoms with Crippen LogP contribution in [-0.2, 0) is 0 Å². The molecule has 2 aliphatic rings. The highest BCUT2D eigenvalue weighted by atomic mass is 15.2. The van der Waals surface area contributed by atoms with Crippen molar-refractivity contribution in [3.63, 3.8) is 0 Å². The van der Waals surface area contributed by atoms with Crippen LogP contribution in [0.4, 0.5) is 0 Å². The van der Waals surface area contributed by atoms with Crippen molar-refractivity contribution in [2.24, 2.45) is 5.41 Å². The number of hydrogen-bond acceptors (Lipinski definition) is 2. The summed E-state index contributed by atoms with van der Waals surface area (Å²) in [4.78, 5) is 2.71. The Balaban J connectivity index is 1.88. The maximum absolute atomic E-state index is 3.72. The molecule has 1 unspecified atom stereocenters. The zero-order chi connectivity index (χ0) is 12.5. The average molecular weight is 238 g/mol. The Bertz CT molecular complexity index is 258. The van der Waals surface area contributed by atoms with Gasteiger partial charge in [0, 0.05) is 24.7 Å². The fourth-order valence-corrected chi connectivity index (χ4v) is 2.89. The molecule has 2 nitrogen and oxygen atoms in total. The third kappa shape index (κ3) is 3.45. The minimum absolute atomic E-state index is 0.427. The summed E-state index contributed by atoms with van der Waals surface area (Å²) in [6.07, 6.45) is 6.81. The van der Waals surface area contributed by atoms with E-state index in [4.69, 9.17) is 0 Å². The van der Waals surface area contributed by atoms with Gasteiger partial charge in [0.15, 0.2) is 0 Å². The molecule has 0 amide bonds. The van der Waals surface area contributed by atoms with Gasteiger partial charge in [-0.05, 0) is 57.9 Å². The fourth-order valence-electron chi connectivity index (χ4n) is 2.89. The van der Waals surface area contributed by atoms with E-state index in [1.807, 2.05) is 0 Å². The first-order valence-electron chi connectivity index (χ1n) is 7.44. The molecule has 17 heavy (non-hydrogen) atoms. The zero-order valence-electron chi connectivity index (χ0n) is 12.2. The van der Waals surface area contributed by atoms with E-state index >= 15 is 0 Å². The third-order valence-corrected chi connectivity index (χ3v) is 4.89. The van der Waals surface area contributed by atoms with Gasteiger partial charge < -0.3 is 5.32 Å². The normalized spacial score (nSPS) is 28.2. The summed E-state index contributed by atoms with van der Waals surface area (Å²) in [5, 5.41) is 3.72. The van der Waals surface area contributed by atoms with Crippen LogP contribution in [0.5, 0.6) is 0 Å². The number of nitrogens with zero attached hydrogens (tertiary/aromatic N) is 1. The van der Waals surface area contributed by atoms with Crippen molar-refractivity contribution in [1.82, 2.24) is 10.2 Å². The van der Waals surface area contributed by atoms with Crippen molar-refractivity contribution < 1.29 is 0 Å². The second-order valence-corrected chi connectivity index (χ2v) is 7.16. The molecule has 0 aromatic rings. The van der Waals surface area contributed by atoms with Crippen molar-refractivity contribution >= 4 is 0 Å². The standard InChI is InChI=1S/C15H30N2/c1-5-15(4,11-16-13-7-8-13)12-17-10-6-9-14(17,2)3/h13,16H,5-12H2,1-4H3. The summed E-state index contributed by atoms with van der Waals surface area (Å²) in [6, 6.07) is 0.840. The molecule has 1 N–H and O–H groups in total. The minimum Gasteiger partial charge on any atom is -0.313 e. The smallest absolute Gasteiger partial charge is 0.0153 e. The van der Waals surface area contributed by atoms with Crippen LogP contribution in [-0.4, -0.2) is 36.1 Å². The van der Waals surface area contributed by atoms with Crippen LogP contribution in [0.2, 0.25) is 0 Å². The monoisotopic (exact) mass is 238 g/mol. The highest BCUT2D eigenvalue weighted by molar-refractivity contribution is 4.93. The first-order valence-corrected chi connectivity index (χ1v) is 7.44. The maximum Gasteiger partial charge on any atom is 0.0153 e. The van der Waals surface area contributed by atoms with Crippen molar-refractivity contribution in [2.45, 2.75) is 71.4 Å².